The van der Waals surface area contributed by atoms with Crippen LogP contribution in [-0.2, 0) is 9.53 Å². The number of carbonyl (C=O) groups excluding carboxylic acids is 1. The van der Waals surface area contributed by atoms with Crippen molar-refractivity contribution < 1.29 is 19.2 Å². The number of nitrogens with zero attached hydrogens (tertiary/aromatic N) is 1. The minimum Gasteiger partial charge on any atom is -0.460 e. The van der Waals surface area contributed by atoms with E-state index in [0.717, 1.165) is 5.56 Å². The lowest BCUT2D eigenvalue weighted by Gasteiger charge is -2.10. The van der Waals surface area contributed by atoms with Gasteiger partial charge in [-0.1, -0.05) is 24.3 Å². The Morgan fingerprint density at radius 3 is 2.62 bits per heavy atom. The zero-order valence-corrected chi connectivity index (χ0v) is 13.4. The van der Waals surface area contributed by atoms with Crippen molar-refractivity contribution in [2.75, 3.05) is 6.61 Å². The fourth-order valence-electron chi connectivity index (χ4n) is 2.02. The summed E-state index contributed by atoms with van der Waals surface area (Å²) < 4.78 is 10.6. The van der Waals surface area contributed by atoms with Crippen molar-refractivity contribution >= 4 is 17.7 Å². The van der Waals surface area contributed by atoms with Crippen molar-refractivity contribution in [1.82, 2.24) is 0 Å². The zero-order chi connectivity index (χ0) is 17.5. The van der Waals surface area contributed by atoms with Gasteiger partial charge in [0.15, 0.2) is 0 Å². The van der Waals surface area contributed by atoms with Crippen LogP contribution in [0.25, 0.3) is 6.08 Å². The largest absolute Gasteiger partial charge is 0.460 e. The van der Waals surface area contributed by atoms with E-state index in [9.17, 15) is 14.9 Å². The molecular weight excluding hydrogens is 310 g/mol. The van der Waals surface area contributed by atoms with Crippen molar-refractivity contribution in [2.45, 2.75) is 13.8 Å². The quantitative estimate of drug-likeness (QED) is 0.264. The Hall–Kier alpha value is -3.15. The van der Waals surface area contributed by atoms with Gasteiger partial charge in [-0.2, -0.15) is 0 Å². The molecular formula is C18H17NO5. The third-order valence-corrected chi connectivity index (χ3v) is 3.07. The molecule has 2 rings (SSSR count). The lowest BCUT2D eigenvalue weighted by Crippen LogP contribution is -2.12. The van der Waals surface area contributed by atoms with Crippen LogP contribution in [0.1, 0.15) is 18.1 Å². The molecule has 0 atom stereocenters. The number of non-ortho nitro benzene ring substituents is 1. The smallest absolute Gasteiger partial charge is 0.374 e. The summed E-state index contributed by atoms with van der Waals surface area (Å²) in [6, 6.07) is 13.1. The van der Waals surface area contributed by atoms with Crippen LogP contribution < -0.4 is 4.74 Å². The average Bonchev–Trinajstić information content (AvgIpc) is 2.55. The Morgan fingerprint density at radius 1 is 1.21 bits per heavy atom. The number of benzene rings is 2. The van der Waals surface area contributed by atoms with Crippen LogP contribution in [-0.4, -0.2) is 17.5 Å². The van der Waals surface area contributed by atoms with E-state index in [1.54, 1.807) is 37.3 Å². The fourth-order valence-corrected chi connectivity index (χ4v) is 2.02. The molecule has 124 valence electrons. The first-order chi connectivity index (χ1) is 11.5. The van der Waals surface area contributed by atoms with E-state index in [4.69, 9.17) is 9.47 Å². The van der Waals surface area contributed by atoms with Gasteiger partial charge in [0, 0.05) is 12.1 Å². The first-order valence-electron chi connectivity index (χ1n) is 7.37. The van der Waals surface area contributed by atoms with Gasteiger partial charge >= 0.3 is 5.97 Å². The molecule has 0 aliphatic rings. The van der Waals surface area contributed by atoms with Crippen molar-refractivity contribution in [3.8, 4) is 5.75 Å². The van der Waals surface area contributed by atoms with Gasteiger partial charge in [0.25, 0.3) is 5.69 Å². The molecule has 0 bridgehead atoms. The summed E-state index contributed by atoms with van der Waals surface area (Å²) in [6.45, 7) is 3.79. The summed E-state index contributed by atoms with van der Waals surface area (Å²) in [5.74, 6) is -0.187. The number of esters is 1. The molecule has 0 heterocycles. The lowest BCUT2D eigenvalue weighted by molar-refractivity contribution is -0.384. The SMILES string of the molecule is CCOC(=O)/C(=C/c1cccc([N+](=O)[O-])c1)Oc1cccc(C)c1. The molecule has 0 saturated heterocycles. The van der Waals surface area contributed by atoms with Gasteiger partial charge in [-0.3, -0.25) is 10.1 Å². The van der Waals surface area contributed by atoms with E-state index in [0.29, 0.717) is 11.3 Å². The average molecular weight is 327 g/mol. The Kier molecular flexibility index (Phi) is 5.68. The van der Waals surface area contributed by atoms with Gasteiger partial charge < -0.3 is 9.47 Å². The van der Waals surface area contributed by atoms with Crippen LogP contribution in [0.4, 0.5) is 5.69 Å². The number of nitro benzene ring substituents is 1. The summed E-state index contributed by atoms with van der Waals surface area (Å²) >= 11 is 0. The molecule has 2 aromatic carbocycles. The molecule has 0 N–H and O–H groups in total. The van der Waals surface area contributed by atoms with Crippen LogP contribution in [0.3, 0.4) is 0 Å². The summed E-state index contributed by atoms with van der Waals surface area (Å²) in [5.41, 5.74) is 1.38. The molecule has 6 nitrogen and oxygen atoms in total. The summed E-state index contributed by atoms with van der Waals surface area (Å²) in [4.78, 5) is 22.5. The third-order valence-electron chi connectivity index (χ3n) is 3.07. The molecule has 0 amide bonds. The van der Waals surface area contributed by atoms with Crippen LogP contribution in [0.2, 0.25) is 0 Å². The van der Waals surface area contributed by atoms with E-state index in [-0.39, 0.29) is 18.1 Å². The van der Waals surface area contributed by atoms with Gasteiger partial charge in [0.2, 0.25) is 5.76 Å². The maximum atomic E-state index is 12.1. The third kappa shape index (κ3) is 4.67. The molecule has 0 saturated carbocycles. The predicted octanol–water partition coefficient (Wildman–Crippen LogP) is 3.89. The lowest BCUT2D eigenvalue weighted by atomic mass is 10.2. The van der Waals surface area contributed by atoms with Gasteiger partial charge in [-0.25, -0.2) is 4.79 Å². The van der Waals surface area contributed by atoms with E-state index in [1.165, 1.54) is 18.2 Å². The highest BCUT2D eigenvalue weighted by atomic mass is 16.6. The Morgan fingerprint density at radius 2 is 1.96 bits per heavy atom. The maximum Gasteiger partial charge on any atom is 0.374 e. The Labute approximate surface area is 139 Å². The number of hydrogen-bond donors (Lipinski definition) is 0. The zero-order valence-electron chi connectivity index (χ0n) is 13.4. The molecule has 24 heavy (non-hydrogen) atoms. The minimum absolute atomic E-state index is 0.0389. The van der Waals surface area contributed by atoms with Gasteiger partial charge in [0.1, 0.15) is 5.75 Å². The highest BCUT2D eigenvalue weighted by molar-refractivity contribution is 5.92. The minimum atomic E-state index is -0.634. The van der Waals surface area contributed by atoms with Crippen molar-refractivity contribution in [2.24, 2.45) is 0 Å². The molecule has 0 aromatic heterocycles. The monoisotopic (exact) mass is 327 g/mol. The topological polar surface area (TPSA) is 78.7 Å². The van der Waals surface area contributed by atoms with Crippen LogP contribution in [0, 0.1) is 17.0 Å². The number of hydrogen-bond acceptors (Lipinski definition) is 5. The summed E-state index contributed by atoms with van der Waals surface area (Å²) in [5, 5.41) is 10.9. The number of aryl methyl sites for hydroxylation is 1. The van der Waals surface area contributed by atoms with Crippen LogP contribution in [0.15, 0.2) is 54.3 Å². The molecule has 0 fully saturated rings. The molecule has 0 unspecified atom stereocenters. The molecule has 0 aliphatic heterocycles. The maximum absolute atomic E-state index is 12.1. The summed E-state index contributed by atoms with van der Waals surface area (Å²) in [7, 11) is 0. The second kappa shape index (κ2) is 7.92. The molecule has 0 radical (unpaired) electrons. The van der Waals surface area contributed by atoms with E-state index >= 15 is 0 Å². The second-order valence-electron chi connectivity index (χ2n) is 5.00. The fraction of sp³-hybridized carbons (Fsp3) is 0.167. The highest BCUT2D eigenvalue weighted by Gasteiger charge is 2.15. The number of carbonyl (C=O) groups is 1. The first-order valence-corrected chi connectivity index (χ1v) is 7.37. The standard InChI is InChI=1S/C18H17NO5/c1-3-23-18(20)17(24-16-9-4-6-13(2)10-16)12-14-7-5-8-15(11-14)19(21)22/h4-12H,3H2,1-2H3/b17-12-. The first kappa shape index (κ1) is 17.2. The Balaban J connectivity index is 2.36. The highest BCUT2D eigenvalue weighted by Crippen LogP contribution is 2.20. The van der Waals surface area contributed by atoms with Gasteiger partial charge in [0.05, 0.1) is 11.5 Å². The van der Waals surface area contributed by atoms with Gasteiger partial charge in [-0.15, -0.1) is 0 Å². The van der Waals surface area contributed by atoms with Crippen molar-refractivity contribution in [3.63, 3.8) is 0 Å². The number of ether oxygens (including phenoxy) is 2. The molecule has 6 heteroatoms. The molecule has 2 aromatic rings. The van der Waals surface area contributed by atoms with Crippen molar-refractivity contribution in [3.05, 3.63) is 75.5 Å². The Bertz CT molecular complexity index is 782. The normalized spacial score (nSPS) is 11.0. The van der Waals surface area contributed by atoms with Crippen LogP contribution >= 0.6 is 0 Å². The van der Waals surface area contributed by atoms with E-state index in [2.05, 4.69) is 0 Å². The molecule has 0 aliphatic carbocycles. The second-order valence-corrected chi connectivity index (χ2v) is 5.00. The molecule has 0 spiro atoms. The number of nitro groups is 1. The van der Waals surface area contributed by atoms with Crippen LogP contribution in [0.5, 0.6) is 5.75 Å². The van der Waals surface area contributed by atoms with Gasteiger partial charge in [-0.05, 0) is 43.2 Å². The predicted molar refractivity (Wildman–Crippen MR) is 89.5 cm³/mol. The number of rotatable bonds is 6. The van der Waals surface area contributed by atoms with E-state index < -0.39 is 10.9 Å². The van der Waals surface area contributed by atoms with Crippen molar-refractivity contribution in [1.29, 1.82) is 0 Å². The van der Waals surface area contributed by atoms with E-state index in [1.807, 2.05) is 13.0 Å². The summed E-state index contributed by atoms with van der Waals surface area (Å²) in [6.07, 6.45) is 1.42.